The second kappa shape index (κ2) is 7.70. The van der Waals surface area contributed by atoms with Gasteiger partial charge in [0.05, 0.1) is 11.7 Å². The second-order valence-electron chi connectivity index (χ2n) is 7.79. The van der Waals surface area contributed by atoms with Gasteiger partial charge in [-0.1, -0.05) is 36.4 Å². The van der Waals surface area contributed by atoms with E-state index in [1.165, 1.54) is 17.7 Å². The number of aryl methyl sites for hydroxylation is 2. The van der Waals surface area contributed by atoms with Gasteiger partial charge in [-0.25, -0.2) is 4.39 Å². The van der Waals surface area contributed by atoms with Gasteiger partial charge in [0.2, 0.25) is 0 Å². The highest BCUT2D eigenvalue weighted by molar-refractivity contribution is 6.07. The number of amides is 1. The third-order valence-corrected chi connectivity index (χ3v) is 5.69. The van der Waals surface area contributed by atoms with Crippen LogP contribution in [0, 0.1) is 19.7 Å². The van der Waals surface area contributed by atoms with Crippen LogP contribution in [0.15, 0.2) is 66.7 Å². The molecule has 1 amide bonds. The van der Waals surface area contributed by atoms with Crippen LogP contribution >= 0.6 is 0 Å². The Morgan fingerprint density at radius 1 is 0.966 bits per heavy atom. The lowest BCUT2D eigenvalue weighted by atomic mass is 9.88. The molecule has 0 saturated carbocycles. The largest absolute Gasteiger partial charge is 0.378 e. The first-order valence-electron chi connectivity index (χ1n) is 9.96. The summed E-state index contributed by atoms with van der Waals surface area (Å²) in [5.74, 6) is -0.435. The summed E-state index contributed by atoms with van der Waals surface area (Å²) in [7, 11) is 0. The number of rotatable bonds is 3. The molecule has 1 N–H and O–H groups in total. The van der Waals surface area contributed by atoms with Crippen LogP contribution in [-0.4, -0.2) is 11.9 Å². The summed E-state index contributed by atoms with van der Waals surface area (Å²) in [6, 6.07) is 20.3. The van der Waals surface area contributed by atoms with Crippen molar-refractivity contribution in [3.63, 3.8) is 0 Å². The van der Waals surface area contributed by atoms with Crippen molar-refractivity contribution < 1.29 is 9.18 Å². The van der Waals surface area contributed by atoms with Gasteiger partial charge in [-0.15, -0.1) is 0 Å². The van der Waals surface area contributed by atoms with Gasteiger partial charge in [0.1, 0.15) is 5.82 Å². The molecule has 29 heavy (non-hydrogen) atoms. The Kier molecular flexibility index (Phi) is 5.10. The average molecular weight is 388 g/mol. The van der Waals surface area contributed by atoms with E-state index in [0.29, 0.717) is 5.56 Å². The molecule has 1 aliphatic rings. The number of carbonyl (C=O) groups is 1. The molecule has 0 unspecified atom stereocenters. The molecule has 1 aliphatic heterocycles. The first-order chi connectivity index (χ1) is 14.0. The van der Waals surface area contributed by atoms with Crippen LogP contribution < -0.4 is 10.2 Å². The van der Waals surface area contributed by atoms with Crippen LogP contribution in [0.4, 0.5) is 15.8 Å². The number of anilines is 2. The monoisotopic (exact) mass is 388 g/mol. The number of nitrogens with one attached hydrogen (secondary N) is 1. The Morgan fingerprint density at radius 2 is 1.66 bits per heavy atom. The Balaban J connectivity index is 1.74. The lowest BCUT2D eigenvalue weighted by Gasteiger charge is -2.41. The topological polar surface area (TPSA) is 32.3 Å². The lowest BCUT2D eigenvalue weighted by Crippen LogP contribution is -2.44. The summed E-state index contributed by atoms with van der Waals surface area (Å²) in [6.45, 7) is 6.20. The number of hydrogen-bond acceptors (Lipinski definition) is 2. The molecule has 0 fully saturated rings. The van der Waals surface area contributed by atoms with Crippen LogP contribution in [-0.2, 0) is 0 Å². The standard InChI is InChI=1S/C25H25FN2O/c1-16-7-4-5-10-22(16)27-23-15-18(3)28(24-17(2)8-6-9-21(23)24)25(29)19-11-13-20(26)14-12-19/h4-14,18,23,27H,15H2,1-3H3/t18-,23-/m1/s1. The van der Waals surface area contributed by atoms with Crippen molar-refractivity contribution in [2.75, 3.05) is 10.2 Å². The van der Waals surface area contributed by atoms with Crippen molar-refractivity contribution in [1.29, 1.82) is 0 Å². The lowest BCUT2D eigenvalue weighted by molar-refractivity contribution is 0.0974. The summed E-state index contributed by atoms with van der Waals surface area (Å²) in [5, 5.41) is 3.68. The van der Waals surface area contributed by atoms with Gasteiger partial charge in [0.15, 0.2) is 0 Å². The maximum atomic E-state index is 13.3. The van der Waals surface area contributed by atoms with E-state index < -0.39 is 0 Å². The average Bonchev–Trinajstić information content (AvgIpc) is 2.70. The number of benzene rings is 3. The fourth-order valence-corrected chi connectivity index (χ4v) is 4.18. The van der Waals surface area contributed by atoms with Crippen LogP contribution in [0.1, 0.15) is 46.4 Å². The van der Waals surface area contributed by atoms with Gasteiger partial charge in [-0.3, -0.25) is 4.79 Å². The highest BCUT2D eigenvalue weighted by atomic mass is 19.1. The second-order valence-corrected chi connectivity index (χ2v) is 7.79. The molecule has 4 rings (SSSR count). The van der Waals surface area contributed by atoms with E-state index in [4.69, 9.17) is 0 Å². The van der Waals surface area contributed by atoms with Gasteiger partial charge in [0.25, 0.3) is 5.91 Å². The summed E-state index contributed by atoms with van der Waals surface area (Å²) < 4.78 is 13.3. The summed E-state index contributed by atoms with van der Waals surface area (Å²) >= 11 is 0. The molecule has 4 heteroatoms. The maximum Gasteiger partial charge on any atom is 0.258 e. The zero-order valence-electron chi connectivity index (χ0n) is 16.9. The maximum absolute atomic E-state index is 13.3. The number of fused-ring (bicyclic) bond motifs is 1. The van der Waals surface area contributed by atoms with Crippen LogP contribution in [0.2, 0.25) is 0 Å². The van der Waals surface area contributed by atoms with Crippen molar-refractivity contribution in [3.05, 3.63) is 94.8 Å². The first kappa shape index (κ1) is 19.2. The number of halogens is 1. The van der Waals surface area contributed by atoms with Gasteiger partial charge in [0, 0.05) is 17.3 Å². The van der Waals surface area contributed by atoms with E-state index in [1.807, 2.05) is 36.1 Å². The predicted molar refractivity (Wildman–Crippen MR) is 116 cm³/mol. The van der Waals surface area contributed by atoms with E-state index in [9.17, 15) is 9.18 Å². The molecular weight excluding hydrogens is 363 g/mol. The summed E-state index contributed by atoms with van der Waals surface area (Å²) in [4.78, 5) is 15.2. The first-order valence-corrected chi connectivity index (χ1v) is 9.96. The van der Waals surface area contributed by atoms with Crippen molar-refractivity contribution >= 4 is 17.3 Å². The minimum Gasteiger partial charge on any atom is -0.378 e. The van der Waals surface area contributed by atoms with Gasteiger partial charge in [-0.05, 0) is 74.2 Å². The van der Waals surface area contributed by atoms with E-state index in [1.54, 1.807) is 12.1 Å². The number of hydrogen-bond donors (Lipinski definition) is 1. The number of para-hydroxylation sites is 2. The summed E-state index contributed by atoms with van der Waals surface area (Å²) in [5.41, 5.74) is 5.92. The van der Waals surface area contributed by atoms with Gasteiger partial charge < -0.3 is 10.2 Å². The Bertz CT molecular complexity index is 1040. The molecule has 0 spiro atoms. The zero-order chi connectivity index (χ0) is 20.5. The Labute approximate surface area is 171 Å². The smallest absolute Gasteiger partial charge is 0.258 e. The molecule has 0 saturated heterocycles. The Morgan fingerprint density at radius 3 is 2.38 bits per heavy atom. The molecule has 3 aromatic rings. The highest BCUT2D eigenvalue weighted by Gasteiger charge is 2.35. The molecule has 0 aromatic heterocycles. The van der Waals surface area contributed by atoms with E-state index >= 15 is 0 Å². The predicted octanol–water partition coefficient (Wildman–Crippen LogP) is 6.03. The molecule has 0 aliphatic carbocycles. The molecule has 0 bridgehead atoms. The van der Waals surface area contributed by atoms with Crippen LogP contribution in [0.25, 0.3) is 0 Å². The molecular formula is C25H25FN2O. The van der Waals surface area contributed by atoms with Crippen molar-refractivity contribution in [2.24, 2.45) is 0 Å². The van der Waals surface area contributed by atoms with Crippen molar-refractivity contribution in [3.8, 4) is 0 Å². The molecule has 3 aromatic carbocycles. The third-order valence-electron chi connectivity index (χ3n) is 5.69. The van der Waals surface area contributed by atoms with Crippen LogP contribution in [0.3, 0.4) is 0 Å². The van der Waals surface area contributed by atoms with Gasteiger partial charge in [-0.2, -0.15) is 0 Å². The molecule has 3 nitrogen and oxygen atoms in total. The minimum atomic E-state index is -0.340. The molecule has 0 radical (unpaired) electrons. The third kappa shape index (κ3) is 3.63. The highest BCUT2D eigenvalue weighted by Crippen LogP contribution is 2.41. The molecule has 1 heterocycles. The van der Waals surface area contributed by atoms with E-state index in [0.717, 1.165) is 28.9 Å². The van der Waals surface area contributed by atoms with Crippen molar-refractivity contribution in [1.82, 2.24) is 0 Å². The zero-order valence-corrected chi connectivity index (χ0v) is 16.9. The number of nitrogens with zero attached hydrogens (tertiary/aromatic N) is 1. The number of carbonyl (C=O) groups excluding carboxylic acids is 1. The Hall–Kier alpha value is -3.14. The minimum absolute atomic E-state index is 0.00247. The van der Waals surface area contributed by atoms with Crippen LogP contribution in [0.5, 0.6) is 0 Å². The molecule has 148 valence electrons. The quantitative estimate of drug-likeness (QED) is 0.594. The van der Waals surface area contributed by atoms with E-state index in [2.05, 4.69) is 37.4 Å². The van der Waals surface area contributed by atoms with Crippen molar-refractivity contribution in [2.45, 2.75) is 39.3 Å². The van der Waals surface area contributed by atoms with E-state index in [-0.39, 0.29) is 23.8 Å². The van der Waals surface area contributed by atoms with Gasteiger partial charge >= 0.3 is 0 Å². The SMILES string of the molecule is Cc1ccccc1N[C@@H]1C[C@@H](C)N(C(=O)c2ccc(F)cc2)c2c(C)cccc21. The fraction of sp³-hybridized carbons (Fsp3) is 0.240. The fourth-order valence-electron chi connectivity index (χ4n) is 4.18. The molecule has 2 atom stereocenters. The normalized spacial score (nSPS) is 18.3. The summed E-state index contributed by atoms with van der Waals surface area (Å²) in [6.07, 6.45) is 0.789.